The van der Waals surface area contributed by atoms with Crippen molar-refractivity contribution in [1.82, 2.24) is 0 Å². The molecule has 1 aromatic rings. The number of hydrogen-bond acceptors (Lipinski definition) is 3. The number of anilines is 1. The van der Waals surface area contributed by atoms with Gasteiger partial charge in [-0.3, -0.25) is 9.59 Å². The maximum atomic E-state index is 11.6. The lowest BCUT2D eigenvalue weighted by Gasteiger charge is -2.09. The molecule has 0 saturated heterocycles. The number of para-hydroxylation sites is 1. The van der Waals surface area contributed by atoms with Crippen LogP contribution in [-0.4, -0.2) is 30.7 Å². The minimum Gasteiger partial charge on any atom is -0.481 e. The van der Waals surface area contributed by atoms with Gasteiger partial charge in [-0.25, -0.2) is 0 Å². The fourth-order valence-electron chi connectivity index (χ4n) is 1.55. The molecular weight excluding hydrogens is 234 g/mol. The molecule has 0 aliphatic carbocycles. The molecule has 0 radical (unpaired) electrons. The highest BCUT2D eigenvalue weighted by atomic mass is 16.5. The number of methoxy groups -OCH3 is 1. The molecule has 0 fully saturated rings. The lowest BCUT2D eigenvalue weighted by atomic mass is 10.1. The van der Waals surface area contributed by atoms with Crippen LogP contribution in [0.1, 0.15) is 18.4 Å². The fraction of sp³-hybridized carbons (Fsp3) is 0.385. The molecule has 0 aliphatic rings. The normalized spacial score (nSPS) is 10.1. The standard InChI is InChI=1S/C13H17NO4/c1-18-8-4-7-12(15)14-11-6-3-2-5-10(11)9-13(16)17/h2-3,5-6H,4,7-9H2,1H3,(H,14,15)(H,16,17). The Morgan fingerprint density at radius 2 is 2.06 bits per heavy atom. The Hall–Kier alpha value is -1.88. The highest BCUT2D eigenvalue weighted by Gasteiger charge is 2.08. The lowest BCUT2D eigenvalue weighted by molar-refractivity contribution is -0.136. The van der Waals surface area contributed by atoms with Crippen LogP contribution in [0.2, 0.25) is 0 Å². The molecule has 5 heteroatoms. The second-order valence-corrected chi connectivity index (χ2v) is 3.87. The van der Waals surface area contributed by atoms with Crippen molar-refractivity contribution in [1.29, 1.82) is 0 Å². The van der Waals surface area contributed by atoms with Crippen molar-refractivity contribution in [3.05, 3.63) is 29.8 Å². The molecule has 1 aromatic carbocycles. The molecule has 2 N–H and O–H groups in total. The van der Waals surface area contributed by atoms with Crippen molar-refractivity contribution in [2.75, 3.05) is 19.0 Å². The number of hydrogen-bond donors (Lipinski definition) is 2. The summed E-state index contributed by atoms with van der Waals surface area (Å²) in [5.41, 5.74) is 1.16. The predicted octanol–water partition coefficient (Wildman–Crippen LogP) is 1.68. The van der Waals surface area contributed by atoms with Crippen LogP contribution in [0.4, 0.5) is 5.69 Å². The summed E-state index contributed by atoms with van der Waals surface area (Å²) in [6.07, 6.45) is 0.896. The molecule has 0 saturated carbocycles. The van der Waals surface area contributed by atoms with E-state index in [2.05, 4.69) is 5.32 Å². The van der Waals surface area contributed by atoms with Gasteiger partial charge in [0.25, 0.3) is 0 Å². The minimum atomic E-state index is -0.920. The van der Waals surface area contributed by atoms with Gasteiger partial charge in [-0.05, 0) is 18.1 Å². The van der Waals surface area contributed by atoms with Gasteiger partial charge >= 0.3 is 5.97 Å². The Balaban J connectivity index is 2.60. The van der Waals surface area contributed by atoms with E-state index in [-0.39, 0.29) is 12.3 Å². The van der Waals surface area contributed by atoms with E-state index in [1.54, 1.807) is 31.4 Å². The first-order valence-electron chi connectivity index (χ1n) is 5.72. The Morgan fingerprint density at radius 3 is 2.72 bits per heavy atom. The summed E-state index contributed by atoms with van der Waals surface area (Å²) in [5.74, 6) is -1.05. The predicted molar refractivity (Wildman–Crippen MR) is 67.5 cm³/mol. The van der Waals surface area contributed by atoms with Crippen LogP contribution < -0.4 is 5.32 Å². The Kier molecular flexibility index (Phi) is 5.87. The molecule has 0 heterocycles. The van der Waals surface area contributed by atoms with Gasteiger partial charge in [0.05, 0.1) is 6.42 Å². The summed E-state index contributed by atoms with van der Waals surface area (Å²) >= 11 is 0. The summed E-state index contributed by atoms with van der Waals surface area (Å²) in [4.78, 5) is 22.3. The average molecular weight is 251 g/mol. The van der Waals surface area contributed by atoms with E-state index in [0.29, 0.717) is 30.7 Å². The largest absolute Gasteiger partial charge is 0.481 e. The van der Waals surface area contributed by atoms with Crippen LogP contribution >= 0.6 is 0 Å². The van der Waals surface area contributed by atoms with Gasteiger partial charge in [0.15, 0.2) is 0 Å². The highest BCUT2D eigenvalue weighted by molar-refractivity contribution is 5.92. The van der Waals surface area contributed by atoms with Crippen molar-refractivity contribution in [3.63, 3.8) is 0 Å². The van der Waals surface area contributed by atoms with E-state index >= 15 is 0 Å². The first-order valence-corrected chi connectivity index (χ1v) is 5.72. The number of nitrogens with one attached hydrogen (secondary N) is 1. The summed E-state index contributed by atoms with van der Waals surface area (Å²) in [7, 11) is 1.58. The summed E-state index contributed by atoms with van der Waals surface area (Å²) in [6.45, 7) is 0.532. The van der Waals surface area contributed by atoms with Gasteiger partial charge in [-0.1, -0.05) is 18.2 Å². The van der Waals surface area contributed by atoms with Gasteiger partial charge in [-0.2, -0.15) is 0 Å². The van der Waals surface area contributed by atoms with Crippen molar-refractivity contribution in [2.24, 2.45) is 0 Å². The lowest BCUT2D eigenvalue weighted by Crippen LogP contribution is -2.14. The third-order valence-electron chi connectivity index (χ3n) is 2.39. The van der Waals surface area contributed by atoms with Gasteiger partial charge in [0.1, 0.15) is 0 Å². The van der Waals surface area contributed by atoms with E-state index < -0.39 is 5.97 Å². The summed E-state index contributed by atoms with van der Waals surface area (Å²) in [6, 6.07) is 6.90. The van der Waals surface area contributed by atoms with Crippen LogP contribution in [0.15, 0.2) is 24.3 Å². The van der Waals surface area contributed by atoms with Crippen LogP contribution in [-0.2, 0) is 20.7 Å². The quantitative estimate of drug-likeness (QED) is 0.723. The highest BCUT2D eigenvalue weighted by Crippen LogP contribution is 2.16. The van der Waals surface area contributed by atoms with Crippen molar-refractivity contribution in [2.45, 2.75) is 19.3 Å². The molecule has 1 amide bonds. The van der Waals surface area contributed by atoms with Gasteiger partial charge < -0.3 is 15.2 Å². The molecule has 0 spiro atoms. The zero-order valence-corrected chi connectivity index (χ0v) is 10.3. The number of benzene rings is 1. The maximum absolute atomic E-state index is 11.6. The van der Waals surface area contributed by atoms with E-state index in [1.165, 1.54) is 0 Å². The number of carboxylic acid groups (broad SMARTS) is 1. The van der Waals surface area contributed by atoms with Crippen LogP contribution in [0.5, 0.6) is 0 Å². The number of rotatable bonds is 7. The third kappa shape index (κ3) is 4.97. The third-order valence-corrected chi connectivity index (χ3v) is 2.39. The molecule has 0 aliphatic heterocycles. The number of amides is 1. The Bertz CT molecular complexity index is 417. The molecule has 5 nitrogen and oxygen atoms in total. The van der Waals surface area contributed by atoms with Crippen molar-refractivity contribution < 1.29 is 19.4 Å². The first kappa shape index (κ1) is 14.2. The van der Waals surface area contributed by atoms with Crippen LogP contribution in [0, 0.1) is 0 Å². The SMILES string of the molecule is COCCCC(=O)Nc1ccccc1CC(=O)O. The first-order chi connectivity index (χ1) is 8.63. The molecule has 0 unspecified atom stereocenters. The Morgan fingerprint density at radius 1 is 1.33 bits per heavy atom. The maximum Gasteiger partial charge on any atom is 0.307 e. The molecule has 0 atom stereocenters. The number of carbonyl (C=O) groups excluding carboxylic acids is 1. The Labute approximate surface area is 106 Å². The summed E-state index contributed by atoms with van der Waals surface area (Å²) < 4.78 is 4.86. The minimum absolute atomic E-state index is 0.103. The topological polar surface area (TPSA) is 75.6 Å². The van der Waals surface area contributed by atoms with Crippen LogP contribution in [0.25, 0.3) is 0 Å². The summed E-state index contributed by atoms with van der Waals surface area (Å²) in [5, 5.41) is 11.5. The monoisotopic (exact) mass is 251 g/mol. The van der Waals surface area contributed by atoms with Crippen LogP contribution in [0.3, 0.4) is 0 Å². The second-order valence-electron chi connectivity index (χ2n) is 3.87. The molecule has 0 bridgehead atoms. The van der Waals surface area contributed by atoms with E-state index in [0.717, 1.165) is 0 Å². The number of carbonyl (C=O) groups is 2. The van der Waals surface area contributed by atoms with Gasteiger partial charge in [0.2, 0.25) is 5.91 Å². The van der Waals surface area contributed by atoms with E-state index in [9.17, 15) is 9.59 Å². The molecular formula is C13H17NO4. The van der Waals surface area contributed by atoms with Gasteiger partial charge in [-0.15, -0.1) is 0 Å². The molecule has 1 rings (SSSR count). The van der Waals surface area contributed by atoms with Gasteiger partial charge in [0, 0.05) is 25.8 Å². The smallest absolute Gasteiger partial charge is 0.307 e. The molecule has 18 heavy (non-hydrogen) atoms. The molecule has 98 valence electrons. The number of aliphatic carboxylic acids is 1. The van der Waals surface area contributed by atoms with Crippen molar-refractivity contribution >= 4 is 17.6 Å². The zero-order chi connectivity index (χ0) is 13.4. The fourth-order valence-corrected chi connectivity index (χ4v) is 1.55. The zero-order valence-electron chi connectivity index (χ0n) is 10.3. The molecule has 0 aromatic heterocycles. The van der Waals surface area contributed by atoms with Crippen molar-refractivity contribution in [3.8, 4) is 0 Å². The second kappa shape index (κ2) is 7.45. The van der Waals surface area contributed by atoms with E-state index in [1.807, 2.05) is 0 Å². The average Bonchev–Trinajstić information content (AvgIpc) is 2.31. The number of carboxylic acids is 1. The number of ether oxygens (including phenoxy) is 1. The van der Waals surface area contributed by atoms with E-state index in [4.69, 9.17) is 9.84 Å².